The Morgan fingerprint density at radius 3 is 2.41 bits per heavy atom. The highest BCUT2D eigenvalue weighted by atomic mass is 32.2. The van der Waals surface area contributed by atoms with E-state index < -0.39 is 16.1 Å². The van der Waals surface area contributed by atoms with Gasteiger partial charge in [0.05, 0.1) is 18.6 Å². The predicted molar refractivity (Wildman–Crippen MR) is 117 cm³/mol. The largest absolute Gasteiger partial charge is 0.493 e. The molecule has 1 amide bonds. The number of sulfonamides is 1. The van der Waals surface area contributed by atoms with Gasteiger partial charge in [-0.2, -0.15) is 0 Å². The summed E-state index contributed by atoms with van der Waals surface area (Å²) in [6.45, 7) is 4.79. The molecule has 158 valence electrons. The van der Waals surface area contributed by atoms with E-state index in [0.717, 1.165) is 41.1 Å². The van der Waals surface area contributed by atoms with Crippen LogP contribution in [0.4, 0.5) is 5.69 Å². The average Bonchev–Trinajstić information content (AvgIpc) is 2.70. The van der Waals surface area contributed by atoms with E-state index in [1.54, 1.807) is 37.3 Å². The van der Waals surface area contributed by atoms with Crippen LogP contribution >= 0.6 is 0 Å². The van der Waals surface area contributed by atoms with Crippen molar-refractivity contribution in [3.63, 3.8) is 0 Å². The monoisotopic (exact) mass is 418 g/mol. The van der Waals surface area contributed by atoms with E-state index in [9.17, 15) is 13.2 Å². The van der Waals surface area contributed by atoms with Gasteiger partial charge in [0.25, 0.3) is 0 Å². The first-order valence-electron chi connectivity index (χ1n) is 9.87. The van der Waals surface area contributed by atoms with Crippen molar-refractivity contribution in [2.45, 2.75) is 39.2 Å². The number of rotatable bonds is 11. The summed E-state index contributed by atoms with van der Waals surface area (Å²) in [6.07, 6.45) is 3.55. The third-order valence-corrected chi connectivity index (χ3v) is 5.70. The summed E-state index contributed by atoms with van der Waals surface area (Å²) < 4.78 is 31.4. The Balaban J connectivity index is 1.93. The number of amides is 1. The summed E-state index contributed by atoms with van der Waals surface area (Å²) in [7, 11) is -3.59. The minimum Gasteiger partial charge on any atom is -0.493 e. The quantitative estimate of drug-likeness (QED) is 0.568. The topological polar surface area (TPSA) is 75.7 Å². The second kappa shape index (κ2) is 10.9. The highest BCUT2D eigenvalue weighted by molar-refractivity contribution is 7.92. The number of nitrogens with one attached hydrogen (secondary N) is 1. The number of nitrogens with zero attached hydrogens (tertiary/aromatic N) is 1. The third-order valence-electron chi connectivity index (χ3n) is 4.46. The molecule has 29 heavy (non-hydrogen) atoms. The molecule has 1 N–H and O–H groups in total. The molecule has 0 aromatic heterocycles. The molecule has 7 heteroatoms. The maximum absolute atomic E-state index is 12.6. The second-order valence-corrected chi connectivity index (χ2v) is 8.78. The van der Waals surface area contributed by atoms with Gasteiger partial charge in [-0.25, -0.2) is 8.42 Å². The molecular formula is C22H30N2O4S. The summed E-state index contributed by atoms with van der Waals surface area (Å²) >= 11 is 0. The van der Waals surface area contributed by atoms with E-state index >= 15 is 0 Å². The van der Waals surface area contributed by atoms with Gasteiger partial charge in [0.15, 0.2) is 0 Å². The van der Waals surface area contributed by atoms with Gasteiger partial charge in [0.2, 0.25) is 15.9 Å². The van der Waals surface area contributed by atoms with Crippen LogP contribution in [0.15, 0.2) is 54.6 Å². The van der Waals surface area contributed by atoms with Crippen LogP contribution in [0.25, 0.3) is 0 Å². The number of anilines is 1. The molecule has 0 fully saturated rings. The van der Waals surface area contributed by atoms with Crippen LogP contribution < -0.4 is 14.4 Å². The Bertz CT molecular complexity index is 885. The molecule has 0 aliphatic heterocycles. The fraction of sp³-hybridized carbons (Fsp3) is 0.409. The molecule has 6 nitrogen and oxygen atoms in total. The molecule has 0 aliphatic rings. The first-order chi connectivity index (χ1) is 13.8. The van der Waals surface area contributed by atoms with Gasteiger partial charge in [0.1, 0.15) is 11.8 Å². The highest BCUT2D eigenvalue weighted by Gasteiger charge is 2.28. The highest BCUT2D eigenvalue weighted by Crippen LogP contribution is 2.21. The zero-order valence-electron chi connectivity index (χ0n) is 17.3. The van der Waals surface area contributed by atoms with Crippen LogP contribution in [0.5, 0.6) is 5.75 Å². The number of para-hydroxylation sites is 2. The summed E-state index contributed by atoms with van der Waals surface area (Å²) in [6, 6.07) is 15.7. The molecule has 0 heterocycles. The maximum atomic E-state index is 12.6. The number of hydrogen-bond acceptors (Lipinski definition) is 4. The molecule has 2 aromatic rings. The Morgan fingerprint density at radius 1 is 1.10 bits per heavy atom. The lowest BCUT2D eigenvalue weighted by Gasteiger charge is -2.28. The fourth-order valence-electron chi connectivity index (χ4n) is 3.09. The van der Waals surface area contributed by atoms with E-state index in [-0.39, 0.29) is 5.91 Å². The van der Waals surface area contributed by atoms with Crippen LogP contribution in [0, 0.1) is 0 Å². The first-order valence-corrected chi connectivity index (χ1v) is 11.7. The maximum Gasteiger partial charge on any atom is 0.243 e. The molecule has 0 radical (unpaired) electrons. The van der Waals surface area contributed by atoms with Gasteiger partial charge in [-0.15, -0.1) is 0 Å². The van der Waals surface area contributed by atoms with Gasteiger partial charge in [0, 0.05) is 6.54 Å². The normalized spacial score (nSPS) is 12.2. The Morgan fingerprint density at radius 2 is 1.76 bits per heavy atom. The smallest absolute Gasteiger partial charge is 0.243 e. The van der Waals surface area contributed by atoms with Gasteiger partial charge in [-0.1, -0.05) is 43.3 Å². The number of aryl methyl sites for hydroxylation is 1. The number of carbonyl (C=O) groups is 1. The van der Waals surface area contributed by atoms with Crippen molar-refractivity contribution >= 4 is 21.6 Å². The van der Waals surface area contributed by atoms with Crippen LogP contribution in [0.1, 0.15) is 32.3 Å². The van der Waals surface area contributed by atoms with Crippen LogP contribution in [-0.4, -0.2) is 39.8 Å². The zero-order valence-corrected chi connectivity index (χ0v) is 18.1. The lowest BCUT2D eigenvalue weighted by molar-refractivity contribution is -0.121. The Kier molecular flexibility index (Phi) is 8.51. The SMILES string of the molecule is CCCOc1ccccc1CCCNC(=O)[C@@H](C)N(c1ccccc1)S(C)(=O)=O. The van der Waals surface area contributed by atoms with E-state index in [2.05, 4.69) is 12.2 Å². The molecule has 0 spiro atoms. The Hall–Kier alpha value is -2.54. The van der Waals surface area contributed by atoms with Gasteiger partial charge >= 0.3 is 0 Å². The number of benzene rings is 2. The molecule has 1 atom stereocenters. The zero-order chi connectivity index (χ0) is 21.3. The summed E-state index contributed by atoms with van der Waals surface area (Å²) in [4.78, 5) is 12.6. The summed E-state index contributed by atoms with van der Waals surface area (Å²) in [5.41, 5.74) is 1.57. The van der Waals surface area contributed by atoms with E-state index in [0.29, 0.717) is 18.8 Å². The molecule has 2 aromatic carbocycles. The number of hydrogen-bond donors (Lipinski definition) is 1. The molecule has 0 aliphatic carbocycles. The van der Waals surface area contributed by atoms with E-state index in [4.69, 9.17) is 4.74 Å². The summed E-state index contributed by atoms with van der Waals surface area (Å²) in [5, 5.41) is 2.85. The molecular weight excluding hydrogens is 388 g/mol. The lowest BCUT2D eigenvalue weighted by atomic mass is 10.1. The predicted octanol–water partition coefficient (Wildman–Crippen LogP) is 3.38. The van der Waals surface area contributed by atoms with Crippen LogP contribution in [0.3, 0.4) is 0 Å². The summed E-state index contributed by atoms with van der Waals surface area (Å²) in [5.74, 6) is 0.552. The number of carbonyl (C=O) groups excluding carboxylic acids is 1. The Labute approximate surface area is 173 Å². The second-order valence-electron chi connectivity index (χ2n) is 6.92. The minimum absolute atomic E-state index is 0.324. The van der Waals surface area contributed by atoms with Crippen LogP contribution in [-0.2, 0) is 21.2 Å². The molecule has 0 bridgehead atoms. The third kappa shape index (κ3) is 6.78. The molecule has 0 saturated carbocycles. The first kappa shape index (κ1) is 22.7. The van der Waals surface area contributed by atoms with Crippen molar-refractivity contribution in [3.05, 3.63) is 60.2 Å². The molecule has 2 rings (SSSR count). The van der Waals surface area contributed by atoms with Crippen molar-refractivity contribution in [3.8, 4) is 5.75 Å². The van der Waals surface area contributed by atoms with Gasteiger partial charge < -0.3 is 10.1 Å². The molecule has 0 saturated heterocycles. The van der Waals surface area contributed by atoms with Crippen molar-refractivity contribution in [2.75, 3.05) is 23.7 Å². The standard InChI is InChI=1S/C22H30N2O4S/c1-4-17-28-21-15-9-8-11-19(21)12-10-16-23-22(25)18(2)24(29(3,26)27)20-13-6-5-7-14-20/h5-9,11,13-15,18H,4,10,12,16-17H2,1-3H3,(H,23,25)/t18-/m1/s1. The molecule has 0 unspecified atom stereocenters. The van der Waals surface area contributed by atoms with Gasteiger partial charge in [-0.3, -0.25) is 9.10 Å². The van der Waals surface area contributed by atoms with Crippen molar-refractivity contribution < 1.29 is 17.9 Å². The average molecular weight is 419 g/mol. The van der Waals surface area contributed by atoms with E-state index in [1.807, 2.05) is 24.3 Å². The minimum atomic E-state index is -3.59. The van der Waals surface area contributed by atoms with Crippen molar-refractivity contribution in [1.29, 1.82) is 0 Å². The van der Waals surface area contributed by atoms with E-state index in [1.165, 1.54) is 0 Å². The van der Waals surface area contributed by atoms with Crippen molar-refractivity contribution in [1.82, 2.24) is 5.32 Å². The van der Waals surface area contributed by atoms with Crippen LogP contribution in [0.2, 0.25) is 0 Å². The number of ether oxygens (including phenoxy) is 1. The lowest BCUT2D eigenvalue weighted by Crippen LogP contribution is -2.48. The fourth-order valence-corrected chi connectivity index (χ4v) is 4.26. The van der Waals surface area contributed by atoms with Gasteiger partial charge in [-0.05, 0) is 49.9 Å². The van der Waals surface area contributed by atoms with Crippen molar-refractivity contribution in [2.24, 2.45) is 0 Å².